The molecule has 0 saturated carbocycles. The van der Waals surface area contributed by atoms with E-state index in [0.717, 1.165) is 0 Å². The molecule has 2 amide bonds. The maximum atomic E-state index is 12.1. The summed E-state index contributed by atoms with van der Waals surface area (Å²) in [6.07, 6.45) is 0.135. The number of amides is 2. The highest BCUT2D eigenvalue weighted by Gasteiger charge is 2.26. The van der Waals surface area contributed by atoms with Gasteiger partial charge in [0.2, 0.25) is 12.0 Å². The third kappa shape index (κ3) is 4.89. The fraction of sp³-hybridized carbons (Fsp3) is 0.263. The SMILES string of the molecule is O=C(CCCNC(=O)C1COc2ccccc2O1)Nc1ccc(Cl)cc1. The molecule has 0 saturated heterocycles. The highest BCUT2D eigenvalue weighted by atomic mass is 35.5. The Bertz CT molecular complexity index is 779. The molecule has 2 N–H and O–H groups in total. The average molecular weight is 375 g/mol. The summed E-state index contributed by atoms with van der Waals surface area (Å²) in [5.74, 6) is 0.821. The molecule has 1 atom stereocenters. The molecule has 6 nitrogen and oxygen atoms in total. The highest BCUT2D eigenvalue weighted by Crippen LogP contribution is 2.30. The zero-order valence-corrected chi connectivity index (χ0v) is 14.8. The van der Waals surface area contributed by atoms with Gasteiger partial charge in [-0.1, -0.05) is 23.7 Å². The summed E-state index contributed by atoms with van der Waals surface area (Å²) in [7, 11) is 0. The minimum Gasteiger partial charge on any atom is -0.485 e. The Kier molecular flexibility index (Phi) is 5.96. The van der Waals surface area contributed by atoms with Gasteiger partial charge in [0.15, 0.2) is 11.5 Å². The Morgan fingerprint density at radius 1 is 1.08 bits per heavy atom. The molecule has 0 bridgehead atoms. The first-order valence-electron chi connectivity index (χ1n) is 8.33. The lowest BCUT2D eigenvalue weighted by molar-refractivity contribution is -0.130. The van der Waals surface area contributed by atoms with Crippen molar-refractivity contribution >= 4 is 29.1 Å². The molecule has 0 fully saturated rings. The second-order valence-electron chi connectivity index (χ2n) is 5.81. The lowest BCUT2D eigenvalue weighted by Crippen LogP contribution is -2.44. The van der Waals surface area contributed by atoms with Crippen LogP contribution in [0.1, 0.15) is 12.8 Å². The van der Waals surface area contributed by atoms with E-state index < -0.39 is 6.10 Å². The number of anilines is 1. The van der Waals surface area contributed by atoms with Crippen molar-refractivity contribution in [1.82, 2.24) is 5.32 Å². The second-order valence-corrected chi connectivity index (χ2v) is 6.25. The van der Waals surface area contributed by atoms with Crippen LogP contribution >= 0.6 is 11.6 Å². The molecule has 1 heterocycles. The number of benzene rings is 2. The van der Waals surface area contributed by atoms with Gasteiger partial charge in [0.25, 0.3) is 5.91 Å². The van der Waals surface area contributed by atoms with Gasteiger partial charge in [-0.3, -0.25) is 9.59 Å². The predicted octanol–water partition coefficient (Wildman–Crippen LogP) is 3.01. The van der Waals surface area contributed by atoms with E-state index in [9.17, 15) is 9.59 Å². The maximum absolute atomic E-state index is 12.1. The Balaban J connectivity index is 1.36. The number of nitrogens with one attached hydrogen (secondary N) is 2. The standard InChI is InChI=1S/C19H19ClN2O4/c20-13-7-9-14(10-8-13)22-18(23)6-3-11-21-19(24)17-12-25-15-4-1-2-5-16(15)26-17/h1-2,4-5,7-10,17H,3,6,11-12H2,(H,21,24)(H,22,23). The number of fused-ring (bicyclic) bond motifs is 1. The van der Waals surface area contributed by atoms with Crippen LogP contribution in [0.5, 0.6) is 11.5 Å². The van der Waals surface area contributed by atoms with E-state index in [1.54, 1.807) is 36.4 Å². The Labute approximate surface area is 156 Å². The van der Waals surface area contributed by atoms with E-state index in [-0.39, 0.29) is 18.4 Å². The van der Waals surface area contributed by atoms with Gasteiger partial charge in [-0.05, 0) is 42.8 Å². The molecule has 1 aliphatic rings. The molecule has 0 aliphatic carbocycles. The van der Waals surface area contributed by atoms with E-state index in [0.29, 0.717) is 41.6 Å². The number of carbonyl (C=O) groups is 2. The minimum absolute atomic E-state index is 0.118. The molecule has 7 heteroatoms. The van der Waals surface area contributed by atoms with Crippen LogP contribution in [0.4, 0.5) is 5.69 Å². The number of ether oxygens (including phenoxy) is 2. The van der Waals surface area contributed by atoms with Gasteiger partial charge in [-0.15, -0.1) is 0 Å². The molecule has 136 valence electrons. The monoisotopic (exact) mass is 374 g/mol. The van der Waals surface area contributed by atoms with Crippen LogP contribution in [-0.4, -0.2) is 31.1 Å². The molecule has 2 aromatic carbocycles. The molecule has 0 radical (unpaired) electrons. The van der Waals surface area contributed by atoms with Crippen LogP contribution in [0.3, 0.4) is 0 Å². The van der Waals surface area contributed by atoms with Crippen LogP contribution in [0.25, 0.3) is 0 Å². The molecule has 0 aromatic heterocycles. The zero-order chi connectivity index (χ0) is 18.4. The first-order chi connectivity index (χ1) is 12.6. The van der Waals surface area contributed by atoms with Crippen molar-refractivity contribution in [3.63, 3.8) is 0 Å². The Morgan fingerprint density at radius 3 is 2.58 bits per heavy atom. The number of hydrogen-bond acceptors (Lipinski definition) is 4. The number of carbonyl (C=O) groups excluding carboxylic acids is 2. The number of halogens is 1. The van der Waals surface area contributed by atoms with Crippen LogP contribution in [0.2, 0.25) is 5.02 Å². The lowest BCUT2D eigenvalue weighted by Gasteiger charge is -2.25. The summed E-state index contributed by atoms with van der Waals surface area (Å²) in [5, 5.41) is 6.16. The van der Waals surface area contributed by atoms with Gasteiger partial charge in [0.1, 0.15) is 6.61 Å². The first kappa shape index (κ1) is 18.1. The molecule has 3 rings (SSSR count). The van der Waals surface area contributed by atoms with Crippen molar-refractivity contribution in [3.05, 3.63) is 53.6 Å². The van der Waals surface area contributed by atoms with Crippen LogP contribution in [0.15, 0.2) is 48.5 Å². The molecule has 26 heavy (non-hydrogen) atoms. The minimum atomic E-state index is -0.687. The number of hydrogen-bond donors (Lipinski definition) is 2. The van der Waals surface area contributed by atoms with Gasteiger partial charge in [0.05, 0.1) is 0 Å². The summed E-state index contributed by atoms with van der Waals surface area (Å²) in [5.41, 5.74) is 0.690. The van der Waals surface area contributed by atoms with Crippen molar-refractivity contribution in [2.75, 3.05) is 18.5 Å². The van der Waals surface area contributed by atoms with E-state index in [2.05, 4.69) is 10.6 Å². The van der Waals surface area contributed by atoms with Crippen LogP contribution in [-0.2, 0) is 9.59 Å². The van der Waals surface area contributed by atoms with Crippen LogP contribution < -0.4 is 20.1 Å². The molecule has 0 spiro atoms. The van der Waals surface area contributed by atoms with Gasteiger partial charge in [-0.25, -0.2) is 0 Å². The van der Waals surface area contributed by atoms with Crippen LogP contribution in [0, 0.1) is 0 Å². The Morgan fingerprint density at radius 2 is 1.81 bits per heavy atom. The summed E-state index contributed by atoms with van der Waals surface area (Å²) < 4.78 is 11.2. The fourth-order valence-corrected chi connectivity index (χ4v) is 2.61. The van der Waals surface area contributed by atoms with Gasteiger partial charge >= 0.3 is 0 Å². The second kappa shape index (κ2) is 8.58. The smallest absolute Gasteiger partial charge is 0.264 e. The summed E-state index contributed by atoms with van der Waals surface area (Å²) in [4.78, 5) is 24.0. The largest absolute Gasteiger partial charge is 0.485 e. The quantitative estimate of drug-likeness (QED) is 0.762. The van der Waals surface area contributed by atoms with Gasteiger partial charge < -0.3 is 20.1 Å². The van der Waals surface area contributed by atoms with E-state index in [4.69, 9.17) is 21.1 Å². The number of rotatable bonds is 6. The van der Waals surface area contributed by atoms with Crippen molar-refractivity contribution < 1.29 is 19.1 Å². The molecular weight excluding hydrogens is 356 g/mol. The van der Waals surface area contributed by atoms with Crippen molar-refractivity contribution in [3.8, 4) is 11.5 Å². The summed E-state index contributed by atoms with van der Waals surface area (Å²) >= 11 is 5.80. The molecule has 2 aromatic rings. The van der Waals surface area contributed by atoms with Crippen molar-refractivity contribution in [2.24, 2.45) is 0 Å². The van der Waals surface area contributed by atoms with E-state index in [1.165, 1.54) is 0 Å². The third-order valence-corrected chi connectivity index (χ3v) is 4.06. The summed E-state index contributed by atoms with van der Waals surface area (Å²) in [6, 6.07) is 14.1. The fourth-order valence-electron chi connectivity index (χ4n) is 2.48. The topological polar surface area (TPSA) is 76.7 Å². The molecular formula is C19H19ClN2O4. The first-order valence-corrected chi connectivity index (χ1v) is 8.71. The van der Waals surface area contributed by atoms with Crippen molar-refractivity contribution in [1.29, 1.82) is 0 Å². The predicted molar refractivity (Wildman–Crippen MR) is 98.7 cm³/mol. The lowest BCUT2D eigenvalue weighted by atomic mass is 10.2. The van der Waals surface area contributed by atoms with E-state index >= 15 is 0 Å². The average Bonchev–Trinajstić information content (AvgIpc) is 2.66. The zero-order valence-electron chi connectivity index (χ0n) is 14.0. The molecule has 1 unspecified atom stereocenters. The van der Waals surface area contributed by atoms with E-state index in [1.807, 2.05) is 12.1 Å². The summed E-state index contributed by atoms with van der Waals surface area (Å²) in [6.45, 7) is 0.550. The molecule has 1 aliphatic heterocycles. The third-order valence-electron chi connectivity index (χ3n) is 3.81. The van der Waals surface area contributed by atoms with Gasteiger partial charge in [-0.2, -0.15) is 0 Å². The van der Waals surface area contributed by atoms with Crippen molar-refractivity contribution in [2.45, 2.75) is 18.9 Å². The van der Waals surface area contributed by atoms with Gasteiger partial charge in [0, 0.05) is 23.7 Å². The normalized spacial score (nSPS) is 15.2. The maximum Gasteiger partial charge on any atom is 0.264 e. The highest BCUT2D eigenvalue weighted by molar-refractivity contribution is 6.30. The Hall–Kier alpha value is -2.73. The number of para-hydroxylation sites is 2.